The first kappa shape index (κ1) is 17.9. The van der Waals surface area contributed by atoms with Gasteiger partial charge in [0.25, 0.3) is 0 Å². The van der Waals surface area contributed by atoms with Crippen LogP contribution in [0.1, 0.15) is 29.8 Å². The van der Waals surface area contributed by atoms with Gasteiger partial charge in [0, 0.05) is 37.7 Å². The molecule has 2 heterocycles. The number of aromatic nitrogens is 3. The summed E-state index contributed by atoms with van der Waals surface area (Å²) in [5.41, 5.74) is 3.44. The molecule has 3 rings (SSSR count). The van der Waals surface area contributed by atoms with Crippen LogP contribution in [0.5, 0.6) is 0 Å². The highest BCUT2D eigenvalue weighted by molar-refractivity contribution is 5.45. The second-order valence-electron chi connectivity index (χ2n) is 6.49. The number of benzene rings is 1. The van der Waals surface area contributed by atoms with Crippen LogP contribution >= 0.6 is 0 Å². The monoisotopic (exact) mass is 347 g/mol. The highest BCUT2D eigenvalue weighted by atomic mass is 15.2. The Bertz CT molecular complexity index is 820. The van der Waals surface area contributed by atoms with Crippen LogP contribution in [0.3, 0.4) is 0 Å². The van der Waals surface area contributed by atoms with E-state index in [1.807, 2.05) is 55.7 Å². The van der Waals surface area contributed by atoms with Crippen LogP contribution in [0, 0.1) is 6.92 Å². The number of aryl methyl sites for hydroxylation is 1. The van der Waals surface area contributed by atoms with E-state index in [0.29, 0.717) is 5.95 Å². The van der Waals surface area contributed by atoms with Crippen LogP contribution in [0.25, 0.3) is 0 Å². The summed E-state index contributed by atoms with van der Waals surface area (Å²) in [7, 11) is 2.06. The zero-order valence-electron chi connectivity index (χ0n) is 15.6. The fraction of sp³-hybridized carbons (Fsp3) is 0.286. The molecule has 134 valence electrons. The maximum absolute atomic E-state index is 4.70. The lowest BCUT2D eigenvalue weighted by Crippen LogP contribution is -2.22. The Morgan fingerprint density at radius 3 is 2.50 bits per heavy atom. The van der Waals surface area contributed by atoms with E-state index >= 15 is 0 Å². The first-order valence-electron chi connectivity index (χ1n) is 8.89. The number of nitrogens with one attached hydrogen (secondary N) is 1. The van der Waals surface area contributed by atoms with Crippen molar-refractivity contribution in [2.45, 2.75) is 26.3 Å². The van der Waals surface area contributed by atoms with Gasteiger partial charge in [-0.2, -0.15) is 4.98 Å². The summed E-state index contributed by atoms with van der Waals surface area (Å²) in [5, 5.41) is 3.41. The van der Waals surface area contributed by atoms with Crippen molar-refractivity contribution in [2.24, 2.45) is 0 Å². The molecule has 1 aromatic carbocycles. The van der Waals surface area contributed by atoms with E-state index in [2.05, 4.69) is 46.3 Å². The first-order chi connectivity index (χ1) is 12.6. The van der Waals surface area contributed by atoms with Gasteiger partial charge in [-0.3, -0.25) is 4.98 Å². The molecule has 1 unspecified atom stereocenters. The lowest BCUT2D eigenvalue weighted by molar-refractivity contribution is 0.831. The van der Waals surface area contributed by atoms with Crippen molar-refractivity contribution < 1.29 is 0 Å². The van der Waals surface area contributed by atoms with Crippen LogP contribution in [-0.4, -0.2) is 28.5 Å². The lowest BCUT2D eigenvalue weighted by atomic mass is 10.1. The Kier molecular flexibility index (Phi) is 5.79. The Balaban J connectivity index is 1.68. The van der Waals surface area contributed by atoms with E-state index in [9.17, 15) is 0 Å². The fourth-order valence-corrected chi connectivity index (χ4v) is 2.79. The van der Waals surface area contributed by atoms with Gasteiger partial charge in [-0.15, -0.1) is 0 Å². The molecule has 5 heteroatoms. The third kappa shape index (κ3) is 4.79. The zero-order valence-corrected chi connectivity index (χ0v) is 15.6. The third-order valence-electron chi connectivity index (χ3n) is 4.36. The molecule has 0 amide bonds. The minimum atomic E-state index is 0.146. The average Bonchev–Trinajstić information content (AvgIpc) is 2.67. The van der Waals surface area contributed by atoms with Crippen molar-refractivity contribution in [2.75, 3.05) is 23.8 Å². The van der Waals surface area contributed by atoms with E-state index in [1.54, 1.807) is 0 Å². The summed E-state index contributed by atoms with van der Waals surface area (Å²) in [4.78, 5) is 15.5. The van der Waals surface area contributed by atoms with E-state index < -0.39 is 0 Å². The lowest BCUT2D eigenvalue weighted by Gasteiger charge is -2.20. The maximum Gasteiger partial charge on any atom is 0.225 e. The zero-order chi connectivity index (χ0) is 18.4. The van der Waals surface area contributed by atoms with Gasteiger partial charge in [0.2, 0.25) is 5.95 Å². The molecule has 0 saturated carbocycles. The van der Waals surface area contributed by atoms with Crippen molar-refractivity contribution >= 4 is 11.8 Å². The summed E-state index contributed by atoms with van der Waals surface area (Å²) >= 11 is 0. The van der Waals surface area contributed by atoms with Gasteiger partial charge in [-0.1, -0.05) is 30.3 Å². The first-order valence-corrected chi connectivity index (χ1v) is 8.89. The highest BCUT2D eigenvalue weighted by Gasteiger charge is 2.10. The largest absolute Gasteiger partial charge is 0.359 e. The molecule has 5 nitrogen and oxygen atoms in total. The Morgan fingerprint density at radius 1 is 1.04 bits per heavy atom. The van der Waals surface area contributed by atoms with Crippen LogP contribution in [0.4, 0.5) is 11.8 Å². The van der Waals surface area contributed by atoms with E-state index in [-0.39, 0.29) is 6.04 Å². The molecule has 0 radical (unpaired) electrons. The molecule has 3 aromatic rings. The molecular weight excluding hydrogens is 322 g/mol. The van der Waals surface area contributed by atoms with Crippen molar-refractivity contribution in [1.82, 2.24) is 15.0 Å². The Labute approximate surface area is 155 Å². The molecule has 1 N–H and O–H groups in total. The van der Waals surface area contributed by atoms with Crippen molar-refractivity contribution in [1.29, 1.82) is 0 Å². The molecule has 0 aliphatic rings. The molecule has 0 fully saturated rings. The SMILES string of the molecule is Cc1cc(N(C)CCc2ccncc2)nc(NC(C)c2ccccc2)n1. The maximum atomic E-state index is 4.70. The predicted molar refractivity (Wildman–Crippen MR) is 106 cm³/mol. The van der Waals surface area contributed by atoms with E-state index in [4.69, 9.17) is 4.98 Å². The summed E-state index contributed by atoms with van der Waals surface area (Å²) < 4.78 is 0. The molecule has 2 aromatic heterocycles. The van der Waals surface area contributed by atoms with E-state index in [1.165, 1.54) is 11.1 Å². The third-order valence-corrected chi connectivity index (χ3v) is 4.36. The summed E-state index contributed by atoms with van der Waals surface area (Å²) in [6.45, 7) is 5.00. The van der Waals surface area contributed by atoms with Gasteiger partial charge in [0.05, 0.1) is 6.04 Å². The van der Waals surface area contributed by atoms with Crippen LogP contribution in [-0.2, 0) is 6.42 Å². The van der Waals surface area contributed by atoms with Crippen LogP contribution in [0.2, 0.25) is 0 Å². The average molecular weight is 347 g/mol. The number of pyridine rings is 1. The van der Waals surface area contributed by atoms with Gasteiger partial charge >= 0.3 is 0 Å². The Morgan fingerprint density at radius 2 is 1.77 bits per heavy atom. The summed E-state index contributed by atoms with van der Waals surface area (Å²) in [5.74, 6) is 1.58. The molecule has 0 aliphatic heterocycles. The van der Waals surface area contributed by atoms with E-state index in [0.717, 1.165) is 24.5 Å². The molecule has 0 aliphatic carbocycles. The van der Waals surface area contributed by atoms with Crippen LogP contribution < -0.4 is 10.2 Å². The number of anilines is 2. The topological polar surface area (TPSA) is 53.9 Å². The molecule has 0 spiro atoms. The second-order valence-corrected chi connectivity index (χ2v) is 6.49. The minimum Gasteiger partial charge on any atom is -0.359 e. The number of hydrogen-bond acceptors (Lipinski definition) is 5. The smallest absolute Gasteiger partial charge is 0.225 e. The number of likely N-dealkylation sites (N-methyl/N-ethyl adjacent to an activating group) is 1. The Hall–Kier alpha value is -2.95. The number of rotatable bonds is 7. The molecule has 26 heavy (non-hydrogen) atoms. The van der Waals surface area contributed by atoms with Gasteiger partial charge < -0.3 is 10.2 Å². The second kappa shape index (κ2) is 8.43. The predicted octanol–water partition coefficient (Wildman–Crippen LogP) is 4.03. The summed E-state index contributed by atoms with van der Waals surface area (Å²) in [6.07, 6.45) is 4.61. The van der Waals surface area contributed by atoms with Gasteiger partial charge in [-0.05, 0) is 43.5 Å². The minimum absolute atomic E-state index is 0.146. The van der Waals surface area contributed by atoms with Crippen molar-refractivity contribution in [3.05, 3.63) is 77.7 Å². The molecule has 0 saturated heterocycles. The fourth-order valence-electron chi connectivity index (χ4n) is 2.79. The molecule has 1 atom stereocenters. The van der Waals surface area contributed by atoms with Crippen molar-refractivity contribution in [3.8, 4) is 0 Å². The number of nitrogens with zero attached hydrogens (tertiary/aromatic N) is 4. The van der Waals surface area contributed by atoms with Gasteiger partial charge in [0.15, 0.2) is 0 Å². The standard InChI is InChI=1S/C21H25N5/c1-16-15-20(26(3)14-11-18-9-12-22-13-10-18)25-21(23-16)24-17(2)19-7-5-4-6-8-19/h4-10,12-13,15,17H,11,14H2,1-3H3,(H,23,24,25). The molecular formula is C21H25N5. The normalized spacial score (nSPS) is 11.8. The van der Waals surface area contributed by atoms with Gasteiger partial charge in [-0.25, -0.2) is 4.98 Å². The van der Waals surface area contributed by atoms with Crippen LogP contribution in [0.15, 0.2) is 60.9 Å². The molecule has 0 bridgehead atoms. The quantitative estimate of drug-likeness (QED) is 0.699. The summed E-state index contributed by atoms with van der Waals surface area (Å²) in [6, 6.07) is 16.6. The number of hydrogen-bond donors (Lipinski definition) is 1. The van der Waals surface area contributed by atoms with Crippen molar-refractivity contribution in [3.63, 3.8) is 0 Å². The van der Waals surface area contributed by atoms with Gasteiger partial charge in [0.1, 0.15) is 5.82 Å². The highest BCUT2D eigenvalue weighted by Crippen LogP contribution is 2.19.